The van der Waals surface area contributed by atoms with Gasteiger partial charge in [0.2, 0.25) is 0 Å². The first-order valence-corrected chi connectivity index (χ1v) is 9.92. The first kappa shape index (κ1) is 21.6. The maximum atomic E-state index is 11.8. The molecule has 2 aromatic carbocycles. The number of Topliss-reactive ketones (excluding diaryl/α,β-unsaturated/α-hetero) is 1. The molecule has 152 valence electrons. The molecular formula is C23H18Cl2N2O3. The molecule has 0 radical (unpaired) electrons. The highest BCUT2D eigenvalue weighted by molar-refractivity contribution is 6.42. The highest BCUT2D eigenvalue weighted by Crippen LogP contribution is 2.26. The Labute approximate surface area is 184 Å². The number of nitrogens with zero attached hydrogens (tertiary/aromatic N) is 2. The minimum absolute atomic E-state index is 0.0466. The van der Waals surface area contributed by atoms with Crippen molar-refractivity contribution in [3.63, 3.8) is 0 Å². The lowest BCUT2D eigenvalue weighted by atomic mass is 10.1. The highest BCUT2D eigenvalue weighted by Gasteiger charge is 2.12. The predicted molar refractivity (Wildman–Crippen MR) is 116 cm³/mol. The van der Waals surface area contributed by atoms with Crippen molar-refractivity contribution in [3.05, 3.63) is 81.4 Å². The molecule has 1 heterocycles. The zero-order valence-electron chi connectivity index (χ0n) is 16.4. The Balaban J connectivity index is 1.80. The van der Waals surface area contributed by atoms with Gasteiger partial charge in [-0.3, -0.25) is 4.79 Å². The Bertz CT molecular complexity index is 1170. The van der Waals surface area contributed by atoms with Crippen LogP contribution in [-0.2, 0) is 11.2 Å². The number of ketones is 1. The smallest absolute Gasteiger partial charge is 0.195 e. The molecule has 30 heavy (non-hydrogen) atoms. The van der Waals surface area contributed by atoms with Crippen LogP contribution in [0.25, 0.3) is 11.1 Å². The number of nitriles is 1. The summed E-state index contributed by atoms with van der Waals surface area (Å²) in [5, 5.41) is 9.41. The number of aryl methyl sites for hydroxylation is 1. The van der Waals surface area contributed by atoms with Crippen LogP contribution in [0, 0.1) is 11.3 Å². The first-order chi connectivity index (χ1) is 14.4. The van der Waals surface area contributed by atoms with E-state index in [1.54, 1.807) is 12.1 Å². The Morgan fingerprint density at radius 3 is 2.73 bits per heavy atom. The van der Waals surface area contributed by atoms with E-state index in [2.05, 4.69) is 4.98 Å². The van der Waals surface area contributed by atoms with Gasteiger partial charge in [-0.25, -0.2) is 4.98 Å². The van der Waals surface area contributed by atoms with Crippen molar-refractivity contribution in [2.75, 3.05) is 0 Å². The molecule has 5 nitrogen and oxygen atoms in total. The fraction of sp³-hybridized carbons (Fsp3) is 0.174. The summed E-state index contributed by atoms with van der Waals surface area (Å²) in [6.45, 7) is 3.25. The predicted octanol–water partition coefficient (Wildman–Crippen LogP) is 6.35. The lowest BCUT2D eigenvalue weighted by Crippen LogP contribution is -2.02. The van der Waals surface area contributed by atoms with E-state index < -0.39 is 0 Å². The van der Waals surface area contributed by atoms with Crippen molar-refractivity contribution in [1.29, 1.82) is 5.26 Å². The third-order valence-corrected chi connectivity index (χ3v) is 4.87. The van der Waals surface area contributed by atoms with Crippen molar-refractivity contribution < 1.29 is 13.9 Å². The van der Waals surface area contributed by atoms with Crippen LogP contribution in [0.5, 0.6) is 5.75 Å². The monoisotopic (exact) mass is 440 g/mol. The van der Waals surface area contributed by atoms with Gasteiger partial charge in [-0.1, -0.05) is 40.9 Å². The molecule has 0 N–H and O–H groups in total. The summed E-state index contributed by atoms with van der Waals surface area (Å²) in [6.07, 6.45) is 2.90. The molecule has 3 rings (SSSR count). The molecule has 0 fully saturated rings. The number of carbonyl (C=O) groups excluding carboxylic acids is 1. The molecule has 0 bridgehead atoms. The summed E-state index contributed by atoms with van der Waals surface area (Å²) >= 11 is 12.2. The van der Waals surface area contributed by atoms with Crippen molar-refractivity contribution in [2.45, 2.75) is 26.7 Å². The van der Waals surface area contributed by atoms with Crippen LogP contribution in [-0.4, -0.2) is 10.8 Å². The summed E-state index contributed by atoms with van der Waals surface area (Å²) in [5.41, 5.74) is 2.81. The molecule has 3 aromatic rings. The number of halogens is 2. The van der Waals surface area contributed by atoms with Crippen molar-refractivity contribution in [2.24, 2.45) is 0 Å². The van der Waals surface area contributed by atoms with Crippen molar-refractivity contribution in [1.82, 2.24) is 4.98 Å². The van der Waals surface area contributed by atoms with Gasteiger partial charge < -0.3 is 9.15 Å². The molecule has 0 spiro atoms. The minimum Gasteiger partial charge on any atom is -0.456 e. The number of aromatic nitrogens is 1. The number of carbonyl (C=O) groups is 1. The summed E-state index contributed by atoms with van der Waals surface area (Å²) in [7, 11) is 0. The van der Waals surface area contributed by atoms with Gasteiger partial charge in [0.15, 0.2) is 17.3 Å². The van der Waals surface area contributed by atoms with Crippen LogP contribution in [0.4, 0.5) is 0 Å². The highest BCUT2D eigenvalue weighted by atomic mass is 35.5. The quantitative estimate of drug-likeness (QED) is 0.243. The van der Waals surface area contributed by atoms with Crippen LogP contribution < -0.4 is 4.74 Å². The van der Waals surface area contributed by atoms with Crippen molar-refractivity contribution in [3.8, 4) is 11.8 Å². The van der Waals surface area contributed by atoms with Gasteiger partial charge in [0, 0.05) is 18.4 Å². The summed E-state index contributed by atoms with van der Waals surface area (Å²) < 4.78 is 11.5. The van der Waals surface area contributed by atoms with E-state index in [1.165, 1.54) is 19.1 Å². The maximum absolute atomic E-state index is 11.8. The zero-order valence-corrected chi connectivity index (χ0v) is 17.9. The van der Waals surface area contributed by atoms with E-state index in [0.29, 0.717) is 35.1 Å². The van der Waals surface area contributed by atoms with E-state index in [1.807, 2.05) is 37.3 Å². The van der Waals surface area contributed by atoms with Gasteiger partial charge in [0.1, 0.15) is 22.1 Å². The van der Waals surface area contributed by atoms with Crippen LogP contribution in [0.3, 0.4) is 0 Å². The molecule has 0 amide bonds. The van der Waals surface area contributed by atoms with E-state index in [0.717, 1.165) is 16.7 Å². The van der Waals surface area contributed by atoms with Gasteiger partial charge in [-0.15, -0.1) is 0 Å². The first-order valence-electron chi connectivity index (χ1n) is 9.16. The minimum atomic E-state index is -0.336. The molecule has 0 aliphatic heterocycles. The van der Waals surface area contributed by atoms with Gasteiger partial charge in [0.25, 0.3) is 0 Å². The molecule has 7 heteroatoms. The van der Waals surface area contributed by atoms with Crippen LogP contribution >= 0.6 is 23.2 Å². The molecule has 0 saturated heterocycles. The zero-order chi connectivity index (χ0) is 21.7. The van der Waals surface area contributed by atoms with E-state index in [9.17, 15) is 4.79 Å². The third kappa shape index (κ3) is 5.50. The number of ether oxygens (including phenoxy) is 1. The third-order valence-electron chi connectivity index (χ3n) is 4.20. The Morgan fingerprint density at radius 1 is 1.27 bits per heavy atom. The standard InChI is InChI=1S/C23H18Cl2N2O3/c1-14(7-8-22-27-19-5-3-4-6-20(19)30-22)9-21(23(25)15(2)28)29-18-11-16(13-26)10-17(24)12-18/h3-6,9-12H,7-8H2,1-2H3/b14-9+,23-21-. The maximum Gasteiger partial charge on any atom is 0.195 e. The normalized spacial score (nSPS) is 12.4. The molecule has 1 aromatic heterocycles. The number of benzene rings is 2. The summed E-state index contributed by atoms with van der Waals surface area (Å²) in [6, 6.07) is 14.2. The lowest BCUT2D eigenvalue weighted by Gasteiger charge is -2.10. The number of oxazole rings is 1. The van der Waals surface area contributed by atoms with E-state index >= 15 is 0 Å². The molecule has 0 atom stereocenters. The molecular weight excluding hydrogens is 423 g/mol. The Hall–Kier alpha value is -3.07. The Morgan fingerprint density at radius 2 is 2.03 bits per heavy atom. The van der Waals surface area contributed by atoms with Crippen LogP contribution in [0.1, 0.15) is 31.7 Å². The second-order valence-electron chi connectivity index (χ2n) is 6.69. The number of hydrogen-bond donors (Lipinski definition) is 0. The number of para-hydroxylation sites is 2. The SMILES string of the molecule is CC(=O)/C(Cl)=C(\C=C(/C)CCc1nc2ccccc2o1)Oc1cc(Cl)cc(C#N)c1. The average molecular weight is 441 g/mol. The topological polar surface area (TPSA) is 76.1 Å². The molecule has 0 aliphatic carbocycles. The lowest BCUT2D eigenvalue weighted by molar-refractivity contribution is -0.113. The summed E-state index contributed by atoms with van der Waals surface area (Å²) in [4.78, 5) is 16.3. The molecule has 0 saturated carbocycles. The number of fused-ring (bicyclic) bond motifs is 1. The largest absolute Gasteiger partial charge is 0.456 e. The van der Waals surface area contributed by atoms with Crippen molar-refractivity contribution >= 4 is 40.1 Å². The van der Waals surface area contributed by atoms with Crippen LogP contribution in [0.2, 0.25) is 5.02 Å². The van der Waals surface area contributed by atoms with Crippen LogP contribution in [0.15, 0.2) is 69.3 Å². The number of allylic oxidation sites excluding steroid dienone is 3. The molecule has 0 unspecified atom stereocenters. The number of rotatable bonds is 7. The fourth-order valence-corrected chi connectivity index (χ4v) is 3.07. The summed E-state index contributed by atoms with van der Waals surface area (Å²) in [5.74, 6) is 0.792. The second-order valence-corrected chi connectivity index (χ2v) is 7.50. The van der Waals surface area contributed by atoms with Gasteiger partial charge in [-0.2, -0.15) is 5.26 Å². The fourth-order valence-electron chi connectivity index (χ4n) is 2.75. The van der Waals surface area contributed by atoms with E-state index in [-0.39, 0.29) is 16.6 Å². The van der Waals surface area contributed by atoms with E-state index in [4.69, 9.17) is 37.6 Å². The number of hydrogen-bond acceptors (Lipinski definition) is 5. The Kier molecular flexibility index (Phi) is 6.94. The van der Waals surface area contributed by atoms with Gasteiger partial charge in [0.05, 0.1) is 11.6 Å². The van der Waals surface area contributed by atoms with Gasteiger partial charge in [-0.05, 0) is 49.8 Å². The average Bonchev–Trinajstić information content (AvgIpc) is 3.13. The van der Waals surface area contributed by atoms with Gasteiger partial charge >= 0.3 is 0 Å². The second kappa shape index (κ2) is 9.62. The molecule has 0 aliphatic rings.